The highest BCUT2D eigenvalue weighted by atomic mass is 32.2. The molecule has 1 rings (SSSR count). The molecular formula is C13H28N2O2S. The fraction of sp³-hybridized carbons (Fsp3) is 1.00. The summed E-state index contributed by atoms with van der Waals surface area (Å²) in [5, 5.41) is 3.60. The van der Waals surface area contributed by atoms with Gasteiger partial charge in [-0.25, -0.2) is 8.42 Å². The fourth-order valence-corrected chi connectivity index (χ4v) is 2.97. The number of sulfone groups is 1. The van der Waals surface area contributed by atoms with Gasteiger partial charge in [-0.2, -0.15) is 0 Å². The van der Waals surface area contributed by atoms with Crippen LogP contribution >= 0.6 is 0 Å². The van der Waals surface area contributed by atoms with E-state index in [0.29, 0.717) is 18.5 Å². The average Bonchev–Trinajstić information content (AvgIpc) is 2.26. The molecule has 1 aliphatic rings. The Bertz CT molecular complexity index is 367. The van der Waals surface area contributed by atoms with Crippen LogP contribution in [-0.2, 0) is 9.84 Å². The second-order valence-corrected chi connectivity index (χ2v) is 8.42. The monoisotopic (exact) mass is 276 g/mol. The molecule has 1 fully saturated rings. The lowest BCUT2D eigenvalue weighted by Crippen LogP contribution is -2.64. The molecule has 0 aromatic rings. The van der Waals surface area contributed by atoms with E-state index in [-0.39, 0.29) is 11.3 Å². The summed E-state index contributed by atoms with van der Waals surface area (Å²) >= 11 is 0. The second kappa shape index (κ2) is 5.88. The van der Waals surface area contributed by atoms with Gasteiger partial charge in [0.15, 0.2) is 0 Å². The van der Waals surface area contributed by atoms with E-state index < -0.39 is 9.84 Å². The van der Waals surface area contributed by atoms with E-state index in [1.807, 2.05) is 0 Å². The van der Waals surface area contributed by atoms with Crippen LogP contribution in [0.25, 0.3) is 0 Å². The van der Waals surface area contributed by atoms with Crippen LogP contribution in [0.3, 0.4) is 0 Å². The molecule has 0 aromatic heterocycles. The van der Waals surface area contributed by atoms with Crippen molar-refractivity contribution in [3.63, 3.8) is 0 Å². The predicted octanol–water partition coefficient (Wildman–Crippen LogP) is 1.13. The zero-order valence-electron chi connectivity index (χ0n) is 12.4. The summed E-state index contributed by atoms with van der Waals surface area (Å²) in [6.07, 6.45) is 2.35. The molecule has 0 aromatic carbocycles. The third-order valence-corrected chi connectivity index (χ3v) is 5.15. The Hall–Kier alpha value is -0.130. The van der Waals surface area contributed by atoms with Gasteiger partial charge in [0.25, 0.3) is 0 Å². The Balaban J connectivity index is 2.73. The Morgan fingerprint density at radius 2 is 2.06 bits per heavy atom. The quantitative estimate of drug-likeness (QED) is 0.818. The molecule has 1 N–H and O–H groups in total. The van der Waals surface area contributed by atoms with Gasteiger partial charge in [-0.3, -0.25) is 4.90 Å². The Morgan fingerprint density at radius 3 is 2.50 bits per heavy atom. The minimum absolute atomic E-state index is 0.0794. The highest BCUT2D eigenvalue weighted by Gasteiger charge is 2.37. The van der Waals surface area contributed by atoms with E-state index in [0.717, 1.165) is 19.5 Å². The summed E-state index contributed by atoms with van der Waals surface area (Å²) in [5.74, 6) is 0.833. The lowest BCUT2D eigenvalue weighted by Gasteiger charge is -2.49. The van der Waals surface area contributed by atoms with Crippen LogP contribution in [0.4, 0.5) is 0 Å². The van der Waals surface area contributed by atoms with E-state index >= 15 is 0 Å². The van der Waals surface area contributed by atoms with Gasteiger partial charge in [0, 0.05) is 37.5 Å². The van der Waals surface area contributed by atoms with Crippen LogP contribution in [0.15, 0.2) is 0 Å². The molecular weight excluding hydrogens is 248 g/mol. The first-order valence-corrected chi connectivity index (χ1v) is 8.90. The topological polar surface area (TPSA) is 49.4 Å². The van der Waals surface area contributed by atoms with Crippen molar-refractivity contribution in [2.45, 2.75) is 45.7 Å². The van der Waals surface area contributed by atoms with Gasteiger partial charge in [-0.15, -0.1) is 0 Å². The Labute approximate surface area is 112 Å². The highest BCUT2D eigenvalue weighted by molar-refractivity contribution is 7.90. The number of hydrogen-bond donors (Lipinski definition) is 1. The van der Waals surface area contributed by atoms with Gasteiger partial charge in [0.05, 0.1) is 5.75 Å². The van der Waals surface area contributed by atoms with Crippen LogP contribution in [0.2, 0.25) is 0 Å². The van der Waals surface area contributed by atoms with Crippen LogP contribution < -0.4 is 5.32 Å². The Kier molecular flexibility index (Phi) is 5.21. The van der Waals surface area contributed by atoms with E-state index in [2.05, 4.69) is 37.9 Å². The molecule has 0 bridgehead atoms. The third-order valence-electron chi connectivity index (χ3n) is 4.22. The molecule has 0 radical (unpaired) electrons. The summed E-state index contributed by atoms with van der Waals surface area (Å²) < 4.78 is 22.7. The van der Waals surface area contributed by atoms with Gasteiger partial charge in [0.1, 0.15) is 9.84 Å². The predicted molar refractivity (Wildman–Crippen MR) is 76.6 cm³/mol. The van der Waals surface area contributed by atoms with E-state index in [1.54, 1.807) is 0 Å². The van der Waals surface area contributed by atoms with Crippen LogP contribution in [0.5, 0.6) is 0 Å². The van der Waals surface area contributed by atoms with Crippen LogP contribution in [-0.4, -0.2) is 56.5 Å². The van der Waals surface area contributed by atoms with Gasteiger partial charge in [-0.1, -0.05) is 20.8 Å². The van der Waals surface area contributed by atoms with Crippen molar-refractivity contribution < 1.29 is 8.42 Å². The maximum absolute atomic E-state index is 11.3. The van der Waals surface area contributed by atoms with Gasteiger partial charge in [0.2, 0.25) is 0 Å². The molecule has 2 unspecified atom stereocenters. The van der Waals surface area contributed by atoms with Crippen molar-refractivity contribution >= 4 is 9.84 Å². The van der Waals surface area contributed by atoms with Crippen molar-refractivity contribution in [2.75, 3.05) is 31.6 Å². The highest BCUT2D eigenvalue weighted by Crippen LogP contribution is 2.24. The zero-order chi connectivity index (χ0) is 14.0. The van der Waals surface area contributed by atoms with Gasteiger partial charge >= 0.3 is 0 Å². The van der Waals surface area contributed by atoms with Crippen molar-refractivity contribution in [2.24, 2.45) is 5.92 Å². The molecule has 1 saturated heterocycles. The maximum atomic E-state index is 11.3. The minimum Gasteiger partial charge on any atom is -0.311 e. The van der Waals surface area contributed by atoms with E-state index in [4.69, 9.17) is 0 Å². The largest absolute Gasteiger partial charge is 0.311 e. The third kappa shape index (κ3) is 4.21. The van der Waals surface area contributed by atoms with E-state index in [1.165, 1.54) is 6.26 Å². The molecule has 0 amide bonds. The van der Waals surface area contributed by atoms with Crippen molar-refractivity contribution in [1.82, 2.24) is 10.2 Å². The van der Waals surface area contributed by atoms with Gasteiger partial charge < -0.3 is 5.32 Å². The molecule has 1 heterocycles. The summed E-state index contributed by atoms with van der Waals surface area (Å²) in [6.45, 7) is 11.3. The second-order valence-electron chi connectivity index (χ2n) is 6.16. The number of piperazine rings is 1. The first-order valence-electron chi connectivity index (χ1n) is 6.84. The standard InChI is InChI=1S/C13H28N2O2S/c1-6-13(4)10-14-12(11(2)3)9-15(13)7-8-18(5,16)17/h11-12,14H,6-10H2,1-5H3. The summed E-state index contributed by atoms with van der Waals surface area (Å²) in [6, 6.07) is 0.462. The SMILES string of the molecule is CCC1(C)CNC(C(C)C)CN1CCS(C)(=O)=O. The molecule has 108 valence electrons. The summed E-state index contributed by atoms with van der Waals surface area (Å²) in [7, 11) is -2.88. The van der Waals surface area contributed by atoms with Crippen molar-refractivity contribution in [3.8, 4) is 0 Å². The molecule has 0 saturated carbocycles. The smallest absolute Gasteiger partial charge is 0.148 e. The fourth-order valence-electron chi connectivity index (χ4n) is 2.42. The number of nitrogens with zero attached hydrogens (tertiary/aromatic N) is 1. The van der Waals surface area contributed by atoms with Gasteiger partial charge in [-0.05, 0) is 19.3 Å². The number of nitrogens with one attached hydrogen (secondary N) is 1. The molecule has 4 nitrogen and oxygen atoms in total. The average molecular weight is 276 g/mol. The molecule has 5 heteroatoms. The maximum Gasteiger partial charge on any atom is 0.148 e. The summed E-state index contributed by atoms with van der Waals surface area (Å²) in [5.41, 5.74) is 0.0794. The first kappa shape index (κ1) is 15.9. The van der Waals surface area contributed by atoms with Crippen molar-refractivity contribution in [3.05, 3.63) is 0 Å². The molecule has 0 aliphatic carbocycles. The molecule has 1 aliphatic heterocycles. The lowest BCUT2D eigenvalue weighted by atomic mass is 9.89. The minimum atomic E-state index is -2.88. The van der Waals surface area contributed by atoms with Crippen LogP contribution in [0, 0.1) is 5.92 Å². The Morgan fingerprint density at radius 1 is 1.44 bits per heavy atom. The zero-order valence-corrected chi connectivity index (χ0v) is 13.2. The molecule has 18 heavy (non-hydrogen) atoms. The summed E-state index contributed by atoms with van der Waals surface area (Å²) in [4.78, 5) is 2.36. The number of rotatable bonds is 5. The first-order chi connectivity index (χ1) is 8.18. The van der Waals surface area contributed by atoms with Crippen LogP contribution in [0.1, 0.15) is 34.1 Å². The lowest BCUT2D eigenvalue weighted by molar-refractivity contribution is 0.0443. The number of hydrogen-bond acceptors (Lipinski definition) is 4. The normalized spacial score (nSPS) is 30.9. The molecule has 0 spiro atoms. The van der Waals surface area contributed by atoms with Crippen molar-refractivity contribution in [1.29, 1.82) is 0 Å². The van der Waals surface area contributed by atoms with E-state index in [9.17, 15) is 8.42 Å². The molecule has 2 atom stereocenters.